The molecular formula is C19H23ClN4. The molecule has 0 unspecified atom stereocenters. The van der Waals surface area contributed by atoms with Crippen LogP contribution >= 0.6 is 11.6 Å². The largest absolute Gasteiger partial charge is 0.385 e. The van der Waals surface area contributed by atoms with Gasteiger partial charge < -0.3 is 15.5 Å². The van der Waals surface area contributed by atoms with Crippen LogP contribution in [0.15, 0.2) is 49.2 Å². The van der Waals surface area contributed by atoms with Gasteiger partial charge in [0.2, 0.25) is 0 Å². The molecule has 2 aromatic rings. The van der Waals surface area contributed by atoms with Gasteiger partial charge in [-0.25, -0.2) is 4.98 Å². The highest BCUT2D eigenvalue weighted by Crippen LogP contribution is 2.15. The summed E-state index contributed by atoms with van der Waals surface area (Å²) in [5.41, 5.74) is 3.19. The zero-order chi connectivity index (χ0) is 16.8. The summed E-state index contributed by atoms with van der Waals surface area (Å²) in [6, 6.07) is 12.1. The molecule has 1 aliphatic heterocycles. The van der Waals surface area contributed by atoms with Crippen LogP contribution in [0.2, 0.25) is 5.02 Å². The average Bonchev–Trinajstić information content (AvgIpc) is 2.64. The van der Waals surface area contributed by atoms with E-state index in [1.165, 1.54) is 5.56 Å². The summed E-state index contributed by atoms with van der Waals surface area (Å²) in [6.07, 6.45) is 2.83. The molecule has 3 rings (SSSR count). The Morgan fingerprint density at radius 3 is 2.58 bits per heavy atom. The minimum atomic E-state index is 0.770. The molecule has 126 valence electrons. The smallest absolute Gasteiger partial charge is 0.128 e. The van der Waals surface area contributed by atoms with Crippen LogP contribution in [0.3, 0.4) is 0 Å². The zero-order valence-corrected chi connectivity index (χ0v) is 14.5. The van der Waals surface area contributed by atoms with Crippen LogP contribution in [0.4, 0.5) is 5.82 Å². The van der Waals surface area contributed by atoms with Gasteiger partial charge in [-0.3, -0.25) is 0 Å². The second kappa shape index (κ2) is 8.18. The molecule has 0 amide bonds. The molecule has 0 saturated carbocycles. The summed E-state index contributed by atoms with van der Waals surface area (Å²) in [4.78, 5) is 6.88. The van der Waals surface area contributed by atoms with Crippen LogP contribution in [0.1, 0.15) is 11.1 Å². The highest BCUT2D eigenvalue weighted by molar-refractivity contribution is 6.30. The normalized spacial score (nSPS) is 14.5. The lowest BCUT2D eigenvalue weighted by Gasteiger charge is -2.28. The van der Waals surface area contributed by atoms with E-state index >= 15 is 0 Å². The van der Waals surface area contributed by atoms with E-state index in [-0.39, 0.29) is 0 Å². The van der Waals surface area contributed by atoms with Crippen LogP contribution in [-0.4, -0.2) is 37.7 Å². The van der Waals surface area contributed by atoms with Gasteiger partial charge in [0.15, 0.2) is 0 Å². The predicted molar refractivity (Wildman–Crippen MR) is 102 cm³/mol. The maximum atomic E-state index is 5.90. The maximum Gasteiger partial charge on any atom is 0.128 e. The number of nitrogens with one attached hydrogen (secondary N) is 2. The summed E-state index contributed by atoms with van der Waals surface area (Å²) >= 11 is 5.90. The van der Waals surface area contributed by atoms with Crippen LogP contribution in [0.5, 0.6) is 0 Å². The van der Waals surface area contributed by atoms with Crippen molar-refractivity contribution < 1.29 is 0 Å². The quantitative estimate of drug-likeness (QED) is 0.846. The Labute approximate surface area is 148 Å². The zero-order valence-electron chi connectivity index (χ0n) is 13.8. The first-order valence-electron chi connectivity index (χ1n) is 8.32. The number of halogens is 1. The third kappa shape index (κ3) is 4.49. The van der Waals surface area contributed by atoms with E-state index in [2.05, 4.69) is 51.4 Å². The summed E-state index contributed by atoms with van der Waals surface area (Å²) in [5.74, 6) is 1.04. The molecule has 24 heavy (non-hydrogen) atoms. The second-order valence-corrected chi connectivity index (χ2v) is 6.36. The summed E-state index contributed by atoms with van der Waals surface area (Å²) in [7, 11) is 0. The van der Waals surface area contributed by atoms with Crippen molar-refractivity contribution in [1.82, 2.24) is 15.6 Å². The second-order valence-electron chi connectivity index (χ2n) is 5.92. The van der Waals surface area contributed by atoms with Crippen molar-refractivity contribution in [2.45, 2.75) is 6.42 Å². The molecule has 0 spiro atoms. The first kappa shape index (κ1) is 16.8. The van der Waals surface area contributed by atoms with E-state index in [1.807, 2.05) is 18.3 Å². The van der Waals surface area contributed by atoms with E-state index in [0.717, 1.165) is 61.2 Å². The molecule has 5 heteroatoms. The van der Waals surface area contributed by atoms with Gasteiger partial charge in [-0.05, 0) is 36.2 Å². The lowest BCUT2D eigenvalue weighted by molar-refractivity contribution is 0.585. The van der Waals surface area contributed by atoms with Crippen LogP contribution < -0.4 is 15.5 Å². The van der Waals surface area contributed by atoms with Crippen LogP contribution in [0.25, 0.3) is 5.70 Å². The highest BCUT2D eigenvalue weighted by Gasteiger charge is 2.11. The van der Waals surface area contributed by atoms with E-state index < -0.39 is 0 Å². The lowest BCUT2D eigenvalue weighted by atomic mass is 10.1. The fourth-order valence-corrected chi connectivity index (χ4v) is 2.88. The van der Waals surface area contributed by atoms with Gasteiger partial charge in [0.05, 0.1) is 0 Å². The Morgan fingerprint density at radius 1 is 1.17 bits per heavy atom. The number of aromatic nitrogens is 1. The van der Waals surface area contributed by atoms with Crippen molar-refractivity contribution in [3.05, 3.63) is 65.3 Å². The number of hydrogen-bond acceptors (Lipinski definition) is 4. The molecule has 2 heterocycles. The molecule has 1 aromatic carbocycles. The first-order chi connectivity index (χ1) is 11.7. The topological polar surface area (TPSA) is 40.2 Å². The number of anilines is 1. The minimum Gasteiger partial charge on any atom is -0.385 e. The minimum absolute atomic E-state index is 0.770. The predicted octanol–water partition coefficient (Wildman–Crippen LogP) is 2.95. The monoisotopic (exact) mass is 342 g/mol. The molecule has 0 radical (unpaired) electrons. The molecule has 1 aromatic heterocycles. The molecule has 0 atom stereocenters. The van der Waals surface area contributed by atoms with E-state index in [0.29, 0.717) is 0 Å². The SMILES string of the molecule is C=C(NCCc1ccc(Cl)cc1)c1ccc(N2CCNCC2)nc1. The average molecular weight is 343 g/mol. The van der Waals surface area contributed by atoms with Crippen molar-refractivity contribution >= 4 is 23.1 Å². The number of benzene rings is 1. The van der Waals surface area contributed by atoms with Crippen molar-refractivity contribution in [3.63, 3.8) is 0 Å². The number of rotatable bonds is 6. The highest BCUT2D eigenvalue weighted by atomic mass is 35.5. The Hall–Kier alpha value is -2.04. The molecule has 2 N–H and O–H groups in total. The molecule has 1 saturated heterocycles. The molecular weight excluding hydrogens is 320 g/mol. The van der Waals surface area contributed by atoms with Crippen molar-refractivity contribution in [2.75, 3.05) is 37.6 Å². The molecule has 0 aliphatic carbocycles. The summed E-state index contributed by atoms with van der Waals surface area (Å²) < 4.78 is 0. The van der Waals surface area contributed by atoms with E-state index in [4.69, 9.17) is 11.6 Å². The Balaban J connectivity index is 1.50. The van der Waals surface area contributed by atoms with Crippen LogP contribution in [0, 0.1) is 0 Å². The third-order valence-corrected chi connectivity index (χ3v) is 4.45. The van der Waals surface area contributed by atoms with E-state index in [9.17, 15) is 0 Å². The molecule has 4 nitrogen and oxygen atoms in total. The van der Waals surface area contributed by atoms with Gasteiger partial charge in [-0.2, -0.15) is 0 Å². The van der Waals surface area contributed by atoms with E-state index in [1.54, 1.807) is 0 Å². The van der Waals surface area contributed by atoms with Crippen molar-refractivity contribution in [2.24, 2.45) is 0 Å². The van der Waals surface area contributed by atoms with Gasteiger partial charge in [-0.1, -0.05) is 30.3 Å². The number of nitrogens with zero attached hydrogens (tertiary/aromatic N) is 2. The summed E-state index contributed by atoms with van der Waals surface area (Å²) in [5, 5.41) is 7.49. The maximum absolute atomic E-state index is 5.90. The molecule has 1 aliphatic rings. The third-order valence-electron chi connectivity index (χ3n) is 4.20. The fraction of sp³-hybridized carbons (Fsp3) is 0.316. The van der Waals surface area contributed by atoms with Crippen molar-refractivity contribution in [1.29, 1.82) is 0 Å². The molecule has 0 bridgehead atoms. The number of pyridine rings is 1. The first-order valence-corrected chi connectivity index (χ1v) is 8.69. The molecule has 1 fully saturated rings. The Kier molecular flexibility index (Phi) is 5.72. The van der Waals surface area contributed by atoms with Gasteiger partial charge in [-0.15, -0.1) is 0 Å². The van der Waals surface area contributed by atoms with Crippen LogP contribution in [-0.2, 0) is 6.42 Å². The Morgan fingerprint density at radius 2 is 1.92 bits per heavy atom. The Bertz CT molecular complexity index is 661. The summed E-state index contributed by atoms with van der Waals surface area (Å²) in [6.45, 7) is 9.00. The number of piperazine rings is 1. The van der Waals surface area contributed by atoms with Gasteiger partial charge in [0.1, 0.15) is 5.82 Å². The fourth-order valence-electron chi connectivity index (χ4n) is 2.76. The van der Waals surface area contributed by atoms with Gasteiger partial charge >= 0.3 is 0 Å². The van der Waals surface area contributed by atoms with Gasteiger partial charge in [0, 0.05) is 55.2 Å². The van der Waals surface area contributed by atoms with Gasteiger partial charge in [0.25, 0.3) is 0 Å². The number of hydrogen-bond donors (Lipinski definition) is 2. The lowest BCUT2D eigenvalue weighted by Crippen LogP contribution is -2.43. The van der Waals surface area contributed by atoms with Crippen molar-refractivity contribution in [3.8, 4) is 0 Å². The standard InChI is InChI=1S/C19H23ClN4/c1-15(22-9-8-16-2-5-18(20)6-3-16)17-4-7-19(23-14-17)24-12-10-21-11-13-24/h2-7,14,21-22H,1,8-13H2.